The van der Waals surface area contributed by atoms with Gasteiger partial charge in [0.1, 0.15) is 37.1 Å². The SMILES string of the molecule is C=CCOc1ccc(P(=O)(c2ccc(OCC=C)cc2)c2ccc(OCC=C)cc2)cc1. The van der Waals surface area contributed by atoms with E-state index in [1.165, 1.54) is 0 Å². The Morgan fingerprint density at radius 3 is 1.00 bits per heavy atom. The molecule has 0 saturated carbocycles. The average Bonchev–Trinajstić information content (AvgIpc) is 2.85. The molecular formula is C27H27O4P. The molecular weight excluding hydrogens is 419 g/mol. The van der Waals surface area contributed by atoms with Gasteiger partial charge in [-0.2, -0.15) is 0 Å². The Kier molecular flexibility index (Phi) is 8.13. The van der Waals surface area contributed by atoms with E-state index in [4.69, 9.17) is 14.2 Å². The van der Waals surface area contributed by atoms with Gasteiger partial charge in [0.15, 0.2) is 7.14 Å². The summed E-state index contributed by atoms with van der Waals surface area (Å²) in [4.78, 5) is 0. The Morgan fingerprint density at radius 2 is 0.781 bits per heavy atom. The predicted molar refractivity (Wildman–Crippen MR) is 133 cm³/mol. The third kappa shape index (κ3) is 5.40. The van der Waals surface area contributed by atoms with E-state index >= 15 is 0 Å². The van der Waals surface area contributed by atoms with Crippen LogP contribution >= 0.6 is 7.14 Å². The summed E-state index contributed by atoms with van der Waals surface area (Å²) in [5, 5.41) is 2.13. The second-order valence-corrected chi connectivity index (χ2v) is 9.66. The molecule has 164 valence electrons. The van der Waals surface area contributed by atoms with Crippen LogP contribution in [0.15, 0.2) is 111 Å². The van der Waals surface area contributed by atoms with Gasteiger partial charge in [0.2, 0.25) is 0 Å². The van der Waals surface area contributed by atoms with Gasteiger partial charge in [-0.3, -0.25) is 0 Å². The van der Waals surface area contributed by atoms with Crippen molar-refractivity contribution in [3.05, 3.63) is 111 Å². The lowest BCUT2D eigenvalue weighted by Gasteiger charge is -2.21. The number of rotatable bonds is 12. The van der Waals surface area contributed by atoms with Crippen LogP contribution in [0.3, 0.4) is 0 Å². The fourth-order valence-electron chi connectivity index (χ4n) is 3.17. The first-order chi connectivity index (χ1) is 15.6. The van der Waals surface area contributed by atoms with Crippen molar-refractivity contribution in [2.45, 2.75) is 0 Å². The van der Waals surface area contributed by atoms with Crippen LogP contribution in [0.4, 0.5) is 0 Å². The van der Waals surface area contributed by atoms with Crippen molar-refractivity contribution in [1.82, 2.24) is 0 Å². The van der Waals surface area contributed by atoms with Gasteiger partial charge in [0.05, 0.1) is 0 Å². The number of ether oxygens (including phenoxy) is 3. The van der Waals surface area contributed by atoms with Gasteiger partial charge in [-0.05, 0) is 72.8 Å². The summed E-state index contributed by atoms with van der Waals surface area (Å²) < 4.78 is 31.4. The fraction of sp³-hybridized carbons (Fsp3) is 0.111. The van der Waals surface area contributed by atoms with E-state index in [1.54, 1.807) is 18.2 Å². The van der Waals surface area contributed by atoms with Crippen LogP contribution in [0.1, 0.15) is 0 Å². The maximum absolute atomic E-state index is 14.6. The van der Waals surface area contributed by atoms with E-state index in [-0.39, 0.29) is 0 Å². The van der Waals surface area contributed by atoms with Gasteiger partial charge in [-0.15, -0.1) is 0 Å². The van der Waals surface area contributed by atoms with Crippen LogP contribution < -0.4 is 30.1 Å². The van der Waals surface area contributed by atoms with Crippen molar-refractivity contribution in [2.24, 2.45) is 0 Å². The van der Waals surface area contributed by atoms with E-state index in [2.05, 4.69) is 19.7 Å². The highest BCUT2D eigenvalue weighted by Crippen LogP contribution is 2.43. The molecule has 0 saturated heterocycles. The molecule has 0 N–H and O–H groups in total. The first-order valence-electron chi connectivity index (χ1n) is 10.2. The Bertz CT molecular complexity index is 943. The highest BCUT2D eigenvalue weighted by Gasteiger charge is 2.30. The molecule has 32 heavy (non-hydrogen) atoms. The average molecular weight is 446 g/mol. The summed E-state index contributed by atoms with van der Waals surface area (Å²) in [6, 6.07) is 22.1. The molecule has 0 radical (unpaired) electrons. The lowest BCUT2D eigenvalue weighted by molar-refractivity contribution is 0.363. The van der Waals surface area contributed by atoms with Crippen LogP contribution in [0.2, 0.25) is 0 Å². The normalized spacial score (nSPS) is 10.8. The lowest BCUT2D eigenvalue weighted by atomic mass is 10.3. The van der Waals surface area contributed by atoms with Gasteiger partial charge in [-0.1, -0.05) is 38.0 Å². The molecule has 3 rings (SSSR count). The molecule has 5 heteroatoms. The van der Waals surface area contributed by atoms with Gasteiger partial charge in [-0.25, -0.2) is 0 Å². The summed E-state index contributed by atoms with van der Waals surface area (Å²) in [5.41, 5.74) is 0. The van der Waals surface area contributed by atoms with E-state index in [9.17, 15) is 4.57 Å². The predicted octanol–water partition coefficient (Wildman–Crippen LogP) is 5.02. The molecule has 3 aromatic carbocycles. The van der Waals surface area contributed by atoms with E-state index in [0.717, 1.165) is 0 Å². The first-order valence-corrected chi connectivity index (χ1v) is 12.0. The van der Waals surface area contributed by atoms with Gasteiger partial charge >= 0.3 is 0 Å². The van der Waals surface area contributed by atoms with Crippen molar-refractivity contribution < 1.29 is 18.8 Å². The quantitative estimate of drug-likeness (QED) is 0.290. The minimum Gasteiger partial charge on any atom is -0.490 e. The molecule has 0 bridgehead atoms. The van der Waals surface area contributed by atoms with Gasteiger partial charge in [0, 0.05) is 15.9 Å². The molecule has 0 aromatic heterocycles. The second-order valence-electron chi connectivity index (χ2n) is 6.89. The van der Waals surface area contributed by atoms with Crippen molar-refractivity contribution in [2.75, 3.05) is 19.8 Å². The first kappa shape index (κ1) is 23.2. The fourth-order valence-corrected chi connectivity index (χ4v) is 5.77. The van der Waals surface area contributed by atoms with Crippen LogP contribution in [0.5, 0.6) is 17.2 Å². The standard InChI is InChI=1S/C27H27O4P/c1-4-19-29-22-7-13-25(14-8-22)32(28,26-15-9-23(10-16-26)30-20-5-2)27-17-11-24(12-18-27)31-21-6-3/h4-18H,1-3,19-21H2. The van der Waals surface area contributed by atoms with Crippen LogP contribution in [-0.4, -0.2) is 19.8 Å². The Hall–Kier alpha value is -3.49. The zero-order valence-corrected chi connectivity index (χ0v) is 18.9. The summed E-state index contributed by atoms with van der Waals surface area (Å²) in [6.45, 7) is 12.2. The van der Waals surface area contributed by atoms with Crippen molar-refractivity contribution in [3.8, 4) is 17.2 Å². The van der Waals surface area contributed by atoms with E-state index in [0.29, 0.717) is 53.0 Å². The second kappa shape index (κ2) is 11.2. The highest BCUT2D eigenvalue weighted by atomic mass is 31.2. The Labute approximate surface area is 189 Å². The maximum Gasteiger partial charge on any atom is 0.171 e. The molecule has 0 heterocycles. The van der Waals surface area contributed by atoms with E-state index in [1.807, 2.05) is 72.8 Å². The molecule has 0 spiro atoms. The molecule has 4 nitrogen and oxygen atoms in total. The molecule has 0 unspecified atom stereocenters. The van der Waals surface area contributed by atoms with E-state index < -0.39 is 7.14 Å². The van der Waals surface area contributed by atoms with Crippen LogP contribution in [0.25, 0.3) is 0 Å². The minimum atomic E-state index is -3.14. The lowest BCUT2D eigenvalue weighted by Crippen LogP contribution is -2.25. The van der Waals surface area contributed by atoms with Gasteiger partial charge in [0.25, 0.3) is 0 Å². The summed E-state index contributed by atoms with van der Waals surface area (Å²) in [5.74, 6) is 2.09. The molecule has 0 aliphatic carbocycles. The summed E-state index contributed by atoms with van der Waals surface area (Å²) in [6.07, 6.45) is 5.06. The number of benzene rings is 3. The minimum absolute atomic E-state index is 0.412. The summed E-state index contributed by atoms with van der Waals surface area (Å²) in [7, 11) is -3.14. The topological polar surface area (TPSA) is 44.8 Å². The smallest absolute Gasteiger partial charge is 0.171 e. The van der Waals surface area contributed by atoms with Gasteiger partial charge < -0.3 is 18.8 Å². The van der Waals surface area contributed by atoms with Crippen molar-refractivity contribution in [3.63, 3.8) is 0 Å². The summed E-state index contributed by atoms with van der Waals surface area (Å²) >= 11 is 0. The monoisotopic (exact) mass is 446 g/mol. The molecule has 3 aromatic rings. The molecule has 0 amide bonds. The molecule has 0 atom stereocenters. The van der Waals surface area contributed by atoms with Crippen molar-refractivity contribution in [1.29, 1.82) is 0 Å². The number of hydrogen-bond acceptors (Lipinski definition) is 4. The maximum atomic E-state index is 14.6. The zero-order valence-electron chi connectivity index (χ0n) is 18.0. The largest absolute Gasteiger partial charge is 0.490 e. The molecule has 0 aliphatic heterocycles. The van der Waals surface area contributed by atoms with Crippen LogP contribution in [-0.2, 0) is 4.57 Å². The molecule has 0 aliphatic rings. The Balaban J connectivity index is 2.02. The Morgan fingerprint density at radius 1 is 0.531 bits per heavy atom. The molecule has 0 fully saturated rings. The number of hydrogen-bond donors (Lipinski definition) is 0. The third-order valence-electron chi connectivity index (χ3n) is 4.70. The highest BCUT2D eigenvalue weighted by molar-refractivity contribution is 7.85. The van der Waals surface area contributed by atoms with Crippen LogP contribution in [0, 0.1) is 0 Å². The zero-order chi connectivity index (χ0) is 22.8. The third-order valence-corrected chi connectivity index (χ3v) is 7.78. The van der Waals surface area contributed by atoms with Crippen molar-refractivity contribution >= 4 is 23.1 Å².